The predicted octanol–water partition coefficient (Wildman–Crippen LogP) is 3.84. The highest BCUT2D eigenvalue weighted by Crippen LogP contribution is 2.29. The number of hydrogen-bond acceptors (Lipinski definition) is 7. The van der Waals surface area contributed by atoms with Crippen LogP contribution in [-0.2, 0) is 0 Å². The van der Waals surface area contributed by atoms with Crippen LogP contribution in [0.1, 0.15) is 18.6 Å². The first-order chi connectivity index (χ1) is 15.4. The van der Waals surface area contributed by atoms with E-state index in [0.29, 0.717) is 48.1 Å². The van der Waals surface area contributed by atoms with Crippen molar-refractivity contribution in [2.75, 3.05) is 12.3 Å². The summed E-state index contributed by atoms with van der Waals surface area (Å²) >= 11 is 1.26. The number of carbonyl (C=O) groups is 1. The maximum atomic E-state index is 13.3. The molecule has 1 saturated heterocycles. The van der Waals surface area contributed by atoms with Crippen LogP contribution in [0.4, 0.5) is 13.6 Å². The van der Waals surface area contributed by atoms with Gasteiger partial charge in [0.05, 0.1) is 6.04 Å². The highest BCUT2D eigenvalue weighted by molar-refractivity contribution is 8.13. The van der Waals surface area contributed by atoms with Crippen molar-refractivity contribution in [3.05, 3.63) is 59.9 Å². The number of hydrogen-bond donors (Lipinski definition) is 2. The minimum absolute atomic E-state index is 0.000457. The Kier molecular flexibility index (Phi) is 6.66. The molecule has 2 aliphatic rings. The number of halogens is 2. The number of nitrogens with zero attached hydrogens (tertiary/aromatic N) is 4. The van der Waals surface area contributed by atoms with Crippen molar-refractivity contribution in [1.29, 1.82) is 0 Å². The molecular formula is C21H21F2N5O3S. The van der Waals surface area contributed by atoms with Gasteiger partial charge in [0.25, 0.3) is 11.2 Å². The number of carbonyl (C=O) groups excluding carboxylic acids is 1. The van der Waals surface area contributed by atoms with Crippen molar-refractivity contribution in [3.63, 3.8) is 0 Å². The van der Waals surface area contributed by atoms with Gasteiger partial charge in [0.15, 0.2) is 5.76 Å². The number of allylic oxidation sites excluding steroid dienone is 3. The molecule has 1 fully saturated rings. The van der Waals surface area contributed by atoms with Gasteiger partial charge in [0.2, 0.25) is 5.82 Å². The molecule has 8 nitrogen and oxygen atoms in total. The van der Waals surface area contributed by atoms with Crippen LogP contribution < -0.4 is 0 Å². The number of nitrogens with one attached hydrogen (secondary N) is 1. The molecule has 11 heteroatoms. The number of amides is 1. The number of aliphatic hydroxyl groups excluding tert-OH is 1. The molecule has 2 N–H and O–H groups in total. The molecule has 168 valence electrons. The van der Waals surface area contributed by atoms with Crippen molar-refractivity contribution in [2.45, 2.75) is 30.9 Å². The Morgan fingerprint density at radius 3 is 3.03 bits per heavy atom. The standard InChI is InChI=1S/C21H21F2N5O3S/c22-21(23)10-9-14(12-18(21)29)4-1-2-5-15-13-32-20(30)28(15)11-3-6-16-7-8-17(31-16)19-24-26-27-25-19/h2-3,5-10,12,15,18,29H,1,4,11,13H2,(H,24,25,26,27). The fourth-order valence-corrected chi connectivity index (χ4v) is 4.28. The molecule has 2 unspecified atom stereocenters. The zero-order valence-electron chi connectivity index (χ0n) is 16.9. The summed E-state index contributed by atoms with van der Waals surface area (Å²) in [7, 11) is 0. The molecule has 0 bridgehead atoms. The first kappa shape index (κ1) is 22.2. The minimum Gasteiger partial charge on any atom is -0.453 e. The molecule has 2 atom stereocenters. The van der Waals surface area contributed by atoms with E-state index < -0.39 is 12.0 Å². The van der Waals surface area contributed by atoms with Crippen molar-refractivity contribution >= 4 is 23.1 Å². The first-order valence-corrected chi connectivity index (χ1v) is 11.0. The van der Waals surface area contributed by atoms with E-state index in [1.54, 1.807) is 23.1 Å². The van der Waals surface area contributed by atoms with Gasteiger partial charge in [-0.05, 0) is 54.0 Å². The van der Waals surface area contributed by atoms with Crippen LogP contribution in [0.15, 0.2) is 58.6 Å². The van der Waals surface area contributed by atoms with Crippen molar-refractivity contribution in [2.24, 2.45) is 0 Å². The average Bonchev–Trinajstić information content (AvgIpc) is 3.51. The summed E-state index contributed by atoms with van der Waals surface area (Å²) in [6.45, 7) is 0.425. The second kappa shape index (κ2) is 9.61. The van der Waals surface area contributed by atoms with Gasteiger partial charge in [-0.2, -0.15) is 14.0 Å². The normalized spacial score (nSPS) is 23.0. The Balaban J connectivity index is 1.28. The van der Waals surface area contributed by atoms with Gasteiger partial charge in [-0.1, -0.05) is 36.1 Å². The van der Waals surface area contributed by atoms with Crippen molar-refractivity contribution in [1.82, 2.24) is 25.5 Å². The number of furan rings is 1. The largest absolute Gasteiger partial charge is 0.453 e. The van der Waals surface area contributed by atoms with Gasteiger partial charge in [0, 0.05) is 12.3 Å². The highest BCUT2D eigenvalue weighted by atomic mass is 32.2. The van der Waals surface area contributed by atoms with E-state index in [1.165, 1.54) is 23.9 Å². The Bertz CT molecular complexity index is 1060. The number of aromatic amines is 1. The van der Waals surface area contributed by atoms with Crippen LogP contribution >= 0.6 is 11.8 Å². The summed E-state index contributed by atoms with van der Waals surface area (Å²) in [4.78, 5) is 14.0. The highest BCUT2D eigenvalue weighted by Gasteiger charge is 2.36. The predicted molar refractivity (Wildman–Crippen MR) is 116 cm³/mol. The van der Waals surface area contributed by atoms with Gasteiger partial charge >= 0.3 is 0 Å². The van der Waals surface area contributed by atoms with Gasteiger partial charge in [-0.15, -0.1) is 10.2 Å². The third-order valence-corrected chi connectivity index (χ3v) is 6.02. The fraction of sp³-hybridized carbons (Fsp3) is 0.333. The Morgan fingerprint density at radius 2 is 2.25 bits per heavy atom. The summed E-state index contributed by atoms with van der Waals surface area (Å²) in [5.74, 6) is -1.09. The molecule has 0 spiro atoms. The molecule has 2 aromatic heterocycles. The van der Waals surface area contributed by atoms with E-state index in [9.17, 15) is 18.7 Å². The molecule has 3 heterocycles. The van der Waals surface area contributed by atoms with E-state index in [4.69, 9.17) is 4.42 Å². The zero-order chi connectivity index (χ0) is 22.6. The molecule has 1 aliphatic heterocycles. The van der Waals surface area contributed by atoms with Crippen LogP contribution in [0.3, 0.4) is 0 Å². The molecule has 0 radical (unpaired) electrons. The molecule has 32 heavy (non-hydrogen) atoms. The van der Waals surface area contributed by atoms with E-state index in [2.05, 4.69) is 20.6 Å². The van der Waals surface area contributed by atoms with Crippen LogP contribution in [0.2, 0.25) is 0 Å². The Hall–Kier alpha value is -3.05. The summed E-state index contributed by atoms with van der Waals surface area (Å²) in [6, 6.07) is 3.47. The zero-order valence-corrected chi connectivity index (χ0v) is 17.7. The number of tetrazole rings is 1. The average molecular weight is 461 g/mol. The lowest BCUT2D eigenvalue weighted by molar-refractivity contribution is -0.0469. The summed E-state index contributed by atoms with van der Waals surface area (Å²) in [6.07, 6.45) is 10.2. The molecule has 0 aromatic carbocycles. The SMILES string of the molecule is O=C1SCC(C=CCCC2=CC(O)C(F)(F)C=C2)N1CC=Cc1ccc(-c2nn[nH]n2)o1. The van der Waals surface area contributed by atoms with Gasteiger partial charge in [-0.25, -0.2) is 0 Å². The lowest BCUT2D eigenvalue weighted by Gasteiger charge is -2.21. The number of thioether (sulfide) groups is 1. The second-order valence-corrected chi connectivity index (χ2v) is 8.27. The van der Waals surface area contributed by atoms with E-state index in [0.717, 1.165) is 6.08 Å². The third-order valence-electron chi connectivity index (χ3n) is 5.03. The molecular weight excluding hydrogens is 440 g/mol. The molecule has 1 amide bonds. The van der Waals surface area contributed by atoms with E-state index in [-0.39, 0.29) is 11.3 Å². The number of aromatic nitrogens is 4. The monoisotopic (exact) mass is 461 g/mol. The van der Waals surface area contributed by atoms with E-state index >= 15 is 0 Å². The molecule has 0 saturated carbocycles. The Labute approximate surface area is 186 Å². The smallest absolute Gasteiger partial charge is 0.295 e. The van der Waals surface area contributed by atoms with Crippen molar-refractivity contribution in [3.8, 4) is 11.6 Å². The van der Waals surface area contributed by atoms with Gasteiger partial charge in [0.1, 0.15) is 11.9 Å². The molecule has 1 aliphatic carbocycles. The quantitative estimate of drug-likeness (QED) is 0.575. The maximum absolute atomic E-state index is 13.3. The first-order valence-electron chi connectivity index (χ1n) is 9.98. The van der Waals surface area contributed by atoms with Crippen LogP contribution in [-0.4, -0.2) is 66.2 Å². The third kappa shape index (κ3) is 5.22. The number of H-pyrrole nitrogens is 1. The second-order valence-electron chi connectivity index (χ2n) is 7.30. The van der Waals surface area contributed by atoms with Crippen LogP contribution in [0, 0.1) is 0 Å². The summed E-state index contributed by atoms with van der Waals surface area (Å²) in [5, 5.41) is 23.0. The van der Waals surface area contributed by atoms with Gasteiger partial charge in [-0.3, -0.25) is 4.79 Å². The summed E-state index contributed by atoms with van der Waals surface area (Å²) in [5.41, 5.74) is 0.670. The van der Waals surface area contributed by atoms with Crippen LogP contribution in [0.5, 0.6) is 0 Å². The number of aliphatic hydroxyl groups is 1. The fourth-order valence-electron chi connectivity index (χ4n) is 3.30. The lowest BCUT2D eigenvalue weighted by Crippen LogP contribution is -2.32. The Morgan fingerprint density at radius 1 is 1.38 bits per heavy atom. The van der Waals surface area contributed by atoms with Gasteiger partial charge < -0.3 is 14.4 Å². The topological polar surface area (TPSA) is 108 Å². The van der Waals surface area contributed by atoms with E-state index in [1.807, 2.05) is 18.2 Å². The number of rotatable bonds is 8. The lowest BCUT2D eigenvalue weighted by atomic mass is 9.98. The van der Waals surface area contributed by atoms with Crippen molar-refractivity contribution < 1.29 is 23.1 Å². The van der Waals surface area contributed by atoms with Crippen LogP contribution in [0.25, 0.3) is 17.7 Å². The molecule has 4 rings (SSSR count). The minimum atomic E-state index is -3.21. The summed E-state index contributed by atoms with van der Waals surface area (Å²) < 4.78 is 32.2. The molecule has 2 aromatic rings. The number of alkyl halides is 2. The maximum Gasteiger partial charge on any atom is 0.295 e.